The van der Waals surface area contributed by atoms with E-state index in [0.29, 0.717) is 31.6 Å². The van der Waals surface area contributed by atoms with Crippen LogP contribution in [0.5, 0.6) is 0 Å². The number of benzene rings is 2. The van der Waals surface area contributed by atoms with Crippen molar-refractivity contribution < 1.29 is 38.9 Å². The zero-order valence-electron chi connectivity index (χ0n) is 41.5. The van der Waals surface area contributed by atoms with Gasteiger partial charge in [0.2, 0.25) is 12.3 Å². The van der Waals surface area contributed by atoms with Crippen LogP contribution in [0.3, 0.4) is 0 Å². The van der Waals surface area contributed by atoms with Crippen molar-refractivity contribution in [2.75, 3.05) is 51.8 Å². The van der Waals surface area contributed by atoms with Crippen LogP contribution in [0.1, 0.15) is 125 Å². The molecule has 1 aliphatic heterocycles. The highest BCUT2D eigenvalue weighted by Crippen LogP contribution is 2.38. The molecule has 0 aromatic heterocycles. The van der Waals surface area contributed by atoms with Crippen LogP contribution in [0.15, 0.2) is 48.5 Å². The molecule has 16 heteroatoms. The molecule has 366 valence electrons. The van der Waals surface area contributed by atoms with E-state index in [2.05, 4.69) is 47.0 Å². The molecule has 0 spiro atoms. The summed E-state index contributed by atoms with van der Waals surface area (Å²) in [6, 6.07) is 15.7. The molecular formula is C48H86N8O8. The fraction of sp³-hybridized carbons (Fsp3) is 0.604. The molecule has 1 aliphatic rings. The lowest BCUT2D eigenvalue weighted by molar-refractivity contribution is -0.136. The summed E-state index contributed by atoms with van der Waals surface area (Å²) in [7, 11) is 3.65. The minimum absolute atomic E-state index is 0.0144. The molecular weight excluding hydrogens is 817 g/mol. The number of nitrogens with two attached hydrogens (primary N) is 3. The predicted octanol–water partition coefficient (Wildman–Crippen LogP) is 5.31. The Morgan fingerprint density at radius 1 is 0.969 bits per heavy atom. The van der Waals surface area contributed by atoms with Crippen molar-refractivity contribution in [1.29, 1.82) is 0 Å². The Hall–Kier alpha value is -4.87. The molecule has 1 atom stereocenters. The third-order valence-corrected chi connectivity index (χ3v) is 8.88. The minimum atomic E-state index is -0.822. The van der Waals surface area contributed by atoms with Crippen LogP contribution in [0.4, 0.5) is 5.69 Å². The number of aliphatic hydroxyl groups is 1. The maximum atomic E-state index is 12.6. The van der Waals surface area contributed by atoms with Crippen LogP contribution in [0, 0.1) is 11.3 Å². The number of carbonyl (C=O) groups is 5. The van der Waals surface area contributed by atoms with Gasteiger partial charge in [-0.15, -0.1) is 0 Å². The van der Waals surface area contributed by atoms with Crippen molar-refractivity contribution in [2.24, 2.45) is 28.6 Å². The Balaban J connectivity index is -0.00000116. The third kappa shape index (κ3) is 27.3. The topological polar surface area (TPSA) is 256 Å². The van der Waals surface area contributed by atoms with E-state index in [1.54, 1.807) is 12.1 Å². The normalized spacial score (nSPS) is 13.4. The number of ether oxygens (including phenoxy) is 1. The van der Waals surface area contributed by atoms with Gasteiger partial charge in [0.15, 0.2) is 0 Å². The molecule has 16 nitrogen and oxygen atoms in total. The SMILES string of the molecule is CC.CC(C)(C)CO.CC(C)C(C=O)NC(=O)CC(C)(C)OCC(C)(C)N(N)/C1=C(\N)c2ccccc2N(C)Cc2ccccc21.CCCCN.CNCC(=O)O.O=CCCNC=O. The summed E-state index contributed by atoms with van der Waals surface area (Å²) in [5.74, 6) is 5.84. The summed E-state index contributed by atoms with van der Waals surface area (Å²) < 4.78 is 6.28. The van der Waals surface area contributed by atoms with E-state index in [-0.39, 0.29) is 43.4 Å². The molecule has 0 aliphatic carbocycles. The standard InChI is InChI=1S/C30H43N5O3.C5H12O.C4H7NO2.C4H11N.C3H7NO2.C2H6/c1-20(2)24(18-36)33-26(37)16-30(5,6)38-19-29(3,4)35(32)28-22-13-9-8-12-21(22)17-34(7)25-15-11-10-14-23(25)27(28)31;1-5(2,3)4-6;6-3-1-2-5-4-7;1-2-3-4-5;1-4-2-3(5)6;1-2/h8-15,18,20,24H,16-17,19,31-32H2,1-7H3,(H,33,37);6H,4H2,1-3H3;3-4H,1-2H2,(H,5,7);2-5H2,1H3;4H,2H2,1H3,(H,5,6);1-2H3/b28-27-;;;;;. The number of nitrogens with one attached hydrogen (secondary N) is 3. The largest absolute Gasteiger partial charge is 0.480 e. The summed E-state index contributed by atoms with van der Waals surface area (Å²) in [5.41, 5.74) is 16.0. The number of aldehydes is 2. The number of carboxylic acids is 1. The molecule has 2 aromatic carbocycles. The molecule has 1 unspecified atom stereocenters. The molecule has 0 saturated heterocycles. The van der Waals surface area contributed by atoms with E-state index in [1.807, 2.05) is 113 Å². The summed E-state index contributed by atoms with van der Waals surface area (Å²) in [6.07, 6.45) is 5.00. The molecule has 1 heterocycles. The van der Waals surface area contributed by atoms with Gasteiger partial charge in [-0.05, 0) is 70.7 Å². The van der Waals surface area contributed by atoms with Gasteiger partial charge in [-0.25, -0.2) is 5.84 Å². The first-order chi connectivity index (χ1) is 29.9. The van der Waals surface area contributed by atoms with Crippen LogP contribution in [-0.2, 0) is 35.3 Å². The van der Waals surface area contributed by atoms with Crippen LogP contribution in [0.2, 0.25) is 0 Å². The van der Waals surface area contributed by atoms with Gasteiger partial charge >= 0.3 is 5.97 Å². The molecule has 0 saturated carbocycles. The third-order valence-electron chi connectivity index (χ3n) is 8.88. The lowest BCUT2D eigenvalue weighted by Crippen LogP contribution is -2.53. The first kappa shape index (κ1) is 63.4. The van der Waals surface area contributed by atoms with Crippen molar-refractivity contribution in [1.82, 2.24) is 21.0 Å². The Labute approximate surface area is 385 Å². The van der Waals surface area contributed by atoms with Gasteiger partial charge in [0.25, 0.3) is 0 Å². The Morgan fingerprint density at radius 3 is 1.94 bits per heavy atom. The molecule has 2 amide bonds. The zero-order chi connectivity index (χ0) is 50.1. The highest BCUT2D eigenvalue weighted by atomic mass is 16.5. The Kier molecular flexibility index (Phi) is 34.2. The zero-order valence-corrected chi connectivity index (χ0v) is 41.5. The maximum absolute atomic E-state index is 12.6. The van der Waals surface area contributed by atoms with Crippen molar-refractivity contribution >= 4 is 47.9 Å². The van der Waals surface area contributed by atoms with Gasteiger partial charge in [-0.1, -0.05) is 104 Å². The summed E-state index contributed by atoms with van der Waals surface area (Å²) in [6.45, 7) is 26.2. The number of nitrogens with zero attached hydrogens (tertiary/aromatic N) is 2. The number of carboxylic acid groups (broad SMARTS) is 1. The molecule has 0 radical (unpaired) electrons. The number of carbonyl (C=O) groups excluding carboxylic acids is 4. The monoisotopic (exact) mass is 903 g/mol. The molecule has 64 heavy (non-hydrogen) atoms. The fourth-order valence-electron chi connectivity index (χ4n) is 5.13. The molecule has 3 rings (SSSR count). The van der Waals surface area contributed by atoms with Gasteiger partial charge < -0.3 is 61.9 Å². The highest BCUT2D eigenvalue weighted by Gasteiger charge is 2.35. The number of aliphatic carboxylic acids is 1. The number of fused-ring (bicyclic) bond motifs is 2. The maximum Gasteiger partial charge on any atom is 0.317 e. The number of unbranched alkanes of at least 4 members (excludes halogenated alkanes) is 1. The van der Waals surface area contributed by atoms with Crippen LogP contribution in [-0.4, -0.2) is 110 Å². The smallest absolute Gasteiger partial charge is 0.317 e. The number of aliphatic hydroxyl groups excluding tert-OH is 1. The van der Waals surface area contributed by atoms with E-state index >= 15 is 0 Å². The quantitative estimate of drug-likeness (QED) is 0.0409. The average Bonchev–Trinajstić information content (AvgIpc) is 3.24. The Morgan fingerprint density at radius 2 is 1.52 bits per heavy atom. The number of likely N-dealkylation sites (N-methyl/N-ethyl adjacent to an activating group) is 1. The second-order valence-electron chi connectivity index (χ2n) is 17.5. The van der Waals surface area contributed by atoms with E-state index in [9.17, 15) is 24.0 Å². The van der Waals surface area contributed by atoms with Crippen molar-refractivity contribution in [3.8, 4) is 0 Å². The van der Waals surface area contributed by atoms with Crippen molar-refractivity contribution in [3.05, 3.63) is 65.2 Å². The fourth-order valence-corrected chi connectivity index (χ4v) is 5.13. The van der Waals surface area contributed by atoms with Gasteiger partial charge in [0.05, 0.1) is 48.1 Å². The van der Waals surface area contributed by atoms with E-state index < -0.39 is 23.2 Å². The van der Waals surface area contributed by atoms with E-state index in [4.69, 9.17) is 32.3 Å². The van der Waals surface area contributed by atoms with Crippen LogP contribution >= 0.6 is 0 Å². The number of para-hydroxylation sites is 1. The molecule has 2 aromatic rings. The number of hydrazine groups is 1. The molecule has 0 fully saturated rings. The number of hydrogen-bond acceptors (Lipinski definition) is 13. The summed E-state index contributed by atoms with van der Waals surface area (Å²) in [5, 5.41) is 25.5. The Bertz CT molecular complexity index is 1630. The summed E-state index contributed by atoms with van der Waals surface area (Å²) in [4.78, 5) is 54.6. The lowest BCUT2D eigenvalue weighted by atomic mass is 9.93. The second kappa shape index (κ2) is 34.5. The predicted molar refractivity (Wildman–Crippen MR) is 262 cm³/mol. The summed E-state index contributed by atoms with van der Waals surface area (Å²) >= 11 is 0. The first-order valence-electron chi connectivity index (χ1n) is 22.0. The number of anilines is 1. The van der Waals surface area contributed by atoms with E-state index in [1.165, 1.54) is 12.8 Å². The second-order valence-corrected chi connectivity index (χ2v) is 17.5. The van der Waals surface area contributed by atoms with Crippen LogP contribution < -0.4 is 38.2 Å². The number of rotatable bonds is 18. The molecule has 11 N–H and O–H groups in total. The minimum Gasteiger partial charge on any atom is -0.480 e. The van der Waals surface area contributed by atoms with Gasteiger partial charge in [0.1, 0.15) is 12.6 Å². The lowest BCUT2D eigenvalue weighted by Gasteiger charge is -2.42. The number of amides is 2. The van der Waals surface area contributed by atoms with Gasteiger partial charge in [0, 0.05) is 50.0 Å². The highest BCUT2D eigenvalue weighted by molar-refractivity contribution is 5.94. The average molecular weight is 903 g/mol. The van der Waals surface area contributed by atoms with Crippen molar-refractivity contribution in [3.63, 3.8) is 0 Å². The van der Waals surface area contributed by atoms with Crippen LogP contribution in [0.25, 0.3) is 11.4 Å². The van der Waals surface area contributed by atoms with Crippen molar-refractivity contribution in [2.45, 2.75) is 132 Å². The van der Waals surface area contributed by atoms with Gasteiger partial charge in [-0.2, -0.15) is 0 Å². The van der Waals surface area contributed by atoms with Gasteiger partial charge in [-0.3, -0.25) is 14.4 Å². The van der Waals surface area contributed by atoms with E-state index in [0.717, 1.165) is 47.2 Å². The first-order valence-corrected chi connectivity index (χ1v) is 22.0. The number of hydrogen-bond donors (Lipinski definition) is 8. The molecule has 0 bridgehead atoms.